The second-order valence-electron chi connectivity index (χ2n) is 5.81. The first kappa shape index (κ1) is 18.7. The van der Waals surface area contributed by atoms with Crippen molar-refractivity contribution in [3.8, 4) is 0 Å². The fourth-order valence-corrected chi connectivity index (χ4v) is 2.42. The molecule has 0 spiro atoms. The van der Waals surface area contributed by atoms with Gasteiger partial charge < -0.3 is 19.7 Å². The van der Waals surface area contributed by atoms with Gasteiger partial charge in [0.2, 0.25) is 5.91 Å². The number of aryl methyl sites for hydroxylation is 1. The number of rotatable bonds is 10. The van der Waals surface area contributed by atoms with Crippen LogP contribution in [0.1, 0.15) is 29.9 Å². The fourth-order valence-electron chi connectivity index (χ4n) is 2.42. The highest BCUT2D eigenvalue weighted by Gasteiger charge is 2.15. The van der Waals surface area contributed by atoms with E-state index in [0.717, 1.165) is 11.3 Å². The molecule has 0 fully saturated rings. The third-order valence-electron chi connectivity index (χ3n) is 3.55. The molecular weight excluding hydrogens is 324 g/mol. The van der Waals surface area contributed by atoms with Crippen LogP contribution in [0.5, 0.6) is 0 Å². The van der Waals surface area contributed by atoms with Crippen LogP contribution in [-0.2, 0) is 27.4 Å². The maximum Gasteiger partial charge on any atom is 0.303 e. The predicted molar refractivity (Wildman–Crippen MR) is 89.8 cm³/mol. The Morgan fingerprint density at radius 3 is 2.72 bits per heavy atom. The minimum Gasteiger partial charge on any atom is -0.481 e. The highest BCUT2D eigenvalue weighted by molar-refractivity contribution is 5.77. The van der Waals surface area contributed by atoms with Gasteiger partial charge in [-0.2, -0.15) is 0 Å². The van der Waals surface area contributed by atoms with Crippen LogP contribution in [0.2, 0.25) is 0 Å². The van der Waals surface area contributed by atoms with Crippen LogP contribution >= 0.6 is 0 Å². The van der Waals surface area contributed by atoms with Gasteiger partial charge in [0.1, 0.15) is 13.2 Å². The zero-order valence-corrected chi connectivity index (χ0v) is 14.1. The van der Waals surface area contributed by atoms with E-state index in [2.05, 4.69) is 10.5 Å². The molecule has 1 amide bonds. The Kier molecular flexibility index (Phi) is 7.16. The number of carboxylic acids is 1. The van der Waals surface area contributed by atoms with Crippen molar-refractivity contribution in [3.05, 3.63) is 53.4 Å². The van der Waals surface area contributed by atoms with Gasteiger partial charge in [0.15, 0.2) is 5.76 Å². The molecule has 1 unspecified atom stereocenters. The summed E-state index contributed by atoms with van der Waals surface area (Å²) in [6.45, 7) is 1.83. The van der Waals surface area contributed by atoms with Crippen LogP contribution in [0, 0.1) is 6.92 Å². The summed E-state index contributed by atoms with van der Waals surface area (Å²) in [4.78, 5) is 22.9. The number of nitrogens with one attached hydrogen (secondary N) is 1. The Morgan fingerprint density at radius 2 is 2.08 bits per heavy atom. The van der Waals surface area contributed by atoms with E-state index in [1.807, 2.05) is 30.3 Å². The predicted octanol–water partition coefficient (Wildman–Crippen LogP) is 2.09. The summed E-state index contributed by atoms with van der Waals surface area (Å²) in [5, 5.41) is 15.5. The van der Waals surface area contributed by atoms with Gasteiger partial charge in [-0.05, 0) is 25.3 Å². The molecule has 1 heterocycles. The van der Waals surface area contributed by atoms with Crippen LogP contribution in [0.25, 0.3) is 0 Å². The Morgan fingerprint density at radius 1 is 1.32 bits per heavy atom. The van der Waals surface area contributed by atoms with E-state index in [1.165, 1.54) is 0 Å². The summed E-state index contributed by atoms with van der Waals surface area (Å²) in [7, 11) is 0. The molecule has 1 atom stereocenters. The molecule has 0 radical (unpaired) electrons. The SMILES string of the molecule is Cc1cc(COCC(=O)NC(CCC(=O)O)Cc2ccccc2)on1. The lowest BCUT2D eigenvalue weighted by Crippen LogP contribution is -2.39. The van der Waals surface area contributed by atoms with Crippen molar-refractivity contribution < 1.29 is 24.0 Å². The summed E-state index contributed by atoms with van der Waals surface area (Å²) in [5.74, 6) is -0.621. The molecule has 0 aliphatic carbocycles. The van der Waals surface area contributed by atoms with Crippen molar-refractivity contribution in [1.82, 2.24) is 10.5 Å². The summed E-state index contributed by atoms with van der Waals surface area (Å²) < 4.78 is 10.3. The minimum atomic E-state index is -0.885. The van der Waals surface area contributed by atoms with E-state index >= 15 is 0 Å². The second-order valence-corrected chi connectivity index (χ2v) is 5.81. The molecule has 2 rings (SSSR count). The van der Waals surface area contributed by atoms with E-state index in [9.17, 15) is 9.59 Å². The Hall–Kier alpha value is -2.67. The van der Waals surface area contributed by atoms with Gasteiger partial charge in [-0.25, -0.2) is 0 Å². The first-order valence-corrected chi connectivity index (χ1v) is 8.08. The Balaban J connectivity index is 1.81. The molecule has 7 heteroatoms. The molecule has 0 bridgehead atoms. The van der Waals surface area contributed by atoms with Crippen LogP contribution in [0.15, 0.2) is 40.9 Å². The molecule has 134 valence electrons. The monoisotopic (exact) mass is 346 g/mol. The van der Waals surface area contributed by atoms with E-state index in [-0.39, 0.29) is 31.6 Å². The van der Waals surface area contributed by atoms with Crippen LogP contribution in [0.4, 0.5) is 0 Å². The van der Waals surface area contributed by atoms with Gasteiger partial charge in [-0.15, -0.1) is 0 Å². The third-order valence-corrected chi connectivity index (χ3v) is 3.55. The molecule has 0 saturated heterocycles. The smallest absolute Gasteiger partial charge is 0.303 e. The number of nitrogens with zero attached hydrogens (tertiary/aromatic N) is 1. The lowest BCUT2D eigenvalue weighted by molar-refractivity contribution is -0.137. The van der Waals surface area contributed by atoms with Crippen molar-refractivity contribution in [2.45, 2.75) is 38.8 Å². The van der Waals surface area contributed by atoms with Crippen molar-refractivity contribution in [2.75, 3.05) is 6.61 Å². The standard InChI is InChI=1S/C18H22N2O5/c1-13-9-16(25-20-13)11-24-12-17(21)19-15(7-8-18(22)23)10-14-5-3-2-4-6-14/h2-6,9,15H,7-8,10-12H2,1H3,(H,19,21)(H,22,23). The second kappa shape index (κ2) is 9.58. The van der Waals surface area contributed by atoms with Gasteiger partial charge in [0, 0.05) is 18.5 Å². The highest BCUT2D eigenvalue weighted by atomic mass is 16.5. The number of aromatic nitrogens is 1. The summed E-state index contributed by atoms with van der Waals surface area (Å²) in [6.07, 6.45) is 0.925. The Bertz CT molecular complexity index is 684. The first-order valence-electron chi connectivity index (χ1n) is 8.08. The molecule has 2 N–H and O–H groups in total. The average molecular weight is 346 g/mol. The van der Waals surface area contributed by atoms with Gasteiger partial charge in [-0.3, -0.25) is 9.59 Å². The van der Waals surface area contributed by atoms with Crippen molar-refractivity contribution in [2.24, 2.45) is 0 Å². The van der Waals surface area contributed by atoms with Gasteiger partial charge >= 0.3 is 5.97 Å². The van der Waals surface area contributed by atoms with Gasteiger partial charge in [0.05, 0.1) is 5.69 Å². The van der Waals surface area contributed by atoms with Crippen molar-refractivity contribution in [3.63, 3.8) is 0 Å². The number of carbonyl (C=O) groups is 2. The molecule has 0 saturated carbocycles. The number of aliphatic carboxylic acids is 1. The van der Waals surface area contributed by atoms with E-state index in [4.69, 9.17) is 14.4 Å². The lowest BCUT2D eigenvalue weighted by atomic mass is 10.0. The van der Waals surface area contributed by atoms with Crippen molar-refractivity contribution >= 4 is 11.9 Å². The maximum absolute atomic E-state index is 12.1. The van der Waals surface area contributed by atoms with Gasteiger partial charge in [0.25, 0.3) is 0 Å². The molecule has 0 aliphatic rings. The minimum absolute atomic E-state index is 0.00399. The Labute approximate surface area is 146 Å². The fraction of sp³-hybridized carbons (Fsp3) is 0.389. The quantitative estimate of drug-likeness (QED) is 0.683. The first-order chi connectivity index (χ1) is 12.0. The number of carboxylic acid groups (broad SMARTS) is 1. The number of amides is 1. The zero-order valence-electron chi connectivity index (χ0n) is 14.1. The maximum atomic E-state index is 12.1. The number of hydrogen-bond acceptors (Lipinski definition) is 5. The van der Waals surface area contributed by atoms with Crippen molar-refractivity contribution in [1.29, 1.82) is 0 Å². The van der Waals surface area contributed by atoms with Crippen LogP contribution < -0.4 is 5.32 Å². The molecule has 1 aromatic heterocycles. The summed E-state index contributed by atoms with van der Waals surface area (Å²) in [6, 6.07) is 11.1. The number of carbonyl (C=O) groups excluding carboxylic acids is 1. The average Bonchev–Trinajstić information content (AvgIpc) is 2.99. The summed E-state index contributed by atoms with van der Waals surface area (Å²) >= 11 is 0. The highest BCUT2D eigenvalue weighted by Crippen LogP contribution is 2.08. The summed E-state index contributed by atoms with van der Waals surface area (Å²) in [5.41, 5.74) is 1.79. The number of benzene rings is 1. The number of ether oxygens (including phenoxy) is 1. The molecule has 25 heavy (non-hydrogen) atoms. The van der Waals surface area contributed by atoms with E-state index < -0.39 is 5.97 Å². The molecule has 7 nitrogen and oxygen atoms in total. The normalized spacial score (nSPS) is 11.9. The molecule has 1 aromatic carbocycles. The number of hydrogen-bond donors (Lipinski definition) is 2. The van der Waals surface area contributed by atoms with Crippen LogP contribution in [-0.4, -0.2) is 34.8 Å². The largest absolute Gasteiger partial charge is 0.481 e. The molecular formula is C18H22N2O5. The molecule has 2 aromatic rings. The molecule has 0 aliphatic heterocycles. The zero-order chi connectivity index (χ0) is 18.1. The topological polar surface area (TPSA) is 102 Å². The van der Waals surface area contributed by atoms with Crippen LogP contribution in [0.3, 0.4) is 0 Å². The van der Waals surface area contributed by atoms with E-state index in [0.29, 0.717) is 18.6 Å². The van der Waals surface area contributed by atoms with Gasteiger partial charge in [-0.1, -0.05) is 35.5 Å². The van der Waals surface area contributed by atoms with E-state index in [1.54, 1.807) is 13.0 Å². The lowest BCUT2D eigenvalue weighted by Gasteiger charge is -2.18. The third kappa shape index (κ3) is 7.17.